The fourth-order valence-corrected chi connectivity index (χ4v) is 2.61. The summed E-state index contributed by atoms with van der Waals surface area (Å²) in [6, 6.07) is 8.89. The molecule has 2 aromatic heterocycles. The molecule has 0 saturated carbocycles. The first-order valence-corrected chi connectivity index (χ1v) is 7.26. The third kappa shape index (κ3) is 2.77. The van der Waals surface area contributed by atoms with E-state index < -0.39 is 0 Å². The Kier molecular flexibility index (Phi) is 3.65. The number of hydrogen-bond acceptors (Lipinski definition) is 3. The number of benzene rings is 1. The normalized spacial score (nSPS) is 11.0. The van der Waals surface area contributed by atoms with E-state index in [2.05, 4.69) is 20.9 Å². The minimum atomic E-state index is -0.223. The lowest BCUT2D eigenvalue weighted by Gasteiger charge is -2.04. The van der Waals surface area contributed by atoms with Gasteiger partial charge >= 0.3 is 5.65 Å². The molecule has 1 N–H and O–H groups in total. The van der Waals surface area contributed by atoms with Gasteiger partial charge in [0.25, 0.3) is 5.56 Å². The molecule has 7 heteroatoms. The summed E-state index contributed by atoms with van der Waals surface area (Å²) in [6.07, 6.45) is 2.85. The molecule has 106 valence electrons. The number of nitrogens with zero attached hydrogens (tertiary/aromatic N) is 3. The summed E-state index contributed by atoms with van der Waals surface area (Å²) in [5, 5.41) is 10.7. The number of halogens is 2. The fourth-order valence-electron chi connectivity index (χ4n) is 2.06. The standard InChI is InChI=1S/C14H10BrClN3O2/c15-10-5-12-13(19(21)7-10)17-8-18(14(12)20)6-9-1-3-11(16)4-2-9/h1-5,7-8,21H,6H2/q+1. The van der Waals surface area contributed by atoms with Crippen molar-refractivity contribution in [3.05, 3.63) is 68.3 Å². The molecule has 5 nitrogen and oxygen atoms in total. The molecular weight excluding hydrogens is 358 g/mol. The van der Waals surface area contributed by atoms with Crippen LogP contribution in [0.1, 0.15) is 5.56 Å². The largest absolute Gasteiger partial charge is 0.375 e. The molecule has 3 rings (SSSR count). The summed E-state index contributed by atoms with van der Waals surface area (Å²) in [5.41, 5.74) is 0.934. The van der Waals surface area contributed by atoms with Crippen molar-refractivity contribution < 1.29 is 9.94 Å². The van der Waals surface area contributed by atoms with Crippen molar-refractivity contribution >= 4 is 38.6 Å². The van der Waals surface area contributed by atoms with Crippen molar-refractivity contribution in [2.24, 2.45) is 0 Å². The zero-order valence-corrected chi connectivity index (χ0v) is 13.0. The van der Waals surface area contributed by atoms with Gasteiger partial charge < -0.3 is 5.21 Å². The highest BCUT2D eigenvalue weighted by Crippen LogP contribution is 2.12. The third-order valence-corrected chi connectivity index (χ3v) is 3.75. The van der Waals surface area contributed by atoms with Crippen LogP contribution in [0.4, 0.5) is 0 Å². The first-order chi connectivity index (χ1) is 10.0. The van der Waals surface area contributed by atoms with Crippen LogP contribution >= 0.6 is 27.5 Å². The van der Waals surface area contributed by atoms with Gasteiger partial charge in [0.1, 0.15) is 5.39 Å². The molecule has 0 aliphatic carbocycles. The predicted octanol–water partition coefficient (Wildman–Crippen LogP) is 2.39. The maximum atomic E-state index is 12.5. The van der Waals surface area contributed by atoms with Crippen LogP contribution in [0, 0.1) is 0 Å². The second-order valence-corrected chi connectivity index (χ2v) is 5.90. The predicted molar refractivity (Wildman–Crippen MR) is 81.6 cm³/mol. The molecule has 0 spiro atoms. The van der Waals surface area contributed by atoms with Crippen LogP contribution in [0.2, 0.25) is 5.02 Å². The van der Waals surface area contributed by atoms with Gasteiger partial charge in [0, 0.05) is 5.02 Å². The van der Waals surface area contributed by atoms with E-state index >= 15 is 0 Å². The van der Waals surface area contributed by atoms with Crippen LogP contribution in [0.3, 0.4) is 0 Å². The summed E-state index contributed by atoms with van der Waals surface area (Å²) in [4.78, 5) is 16.6. The van der Waals surface area contributed by atoms with Gasteiger partial charge in [0.05, 0.1) is 11.0 Å². The van der Waals surface area contributed by atoms with Crippen molar-refractivity contribution in [1.29, 1.82) is 0 Å². The zero-order valence-electron chi connectivity index (χ0n) is 10.7. The highest BCUT2D eigenvalue weighted by Gasteiger charge is 2.16. The molecule has 2 heterocycles. The van der Waals surface area contributed by atoms with Crippen molar-refractivity contribution in [1.82, 2.24) is 9.55 Å². The number of fused-ring (bicyclic) bond motifs is 1. The Hall–Kier alpha value is -1.92. The fraction of sp³-hybridized carbons (Fsp3) is 0.0714. The SMILES string of the molecule is O=c1c2cc(Br)c[n+](O)c2ncn1Cc1ccc(Cl)cc1. The molecule has 0 aliphatic rings. The first kappa shape index (κ1) is 14.0. The number of hydrogen-bond donors (Lipinski definition) is 1. The maximum absolute atomic E-state index is 12.5. The van der Waals surface area contributed by atoms with Crippen LogP contribution < -0.4 is 10.3 Å². The lowest BCUT2D eigenvalue weighted by atomic mass is 10.2. The van der Waals surface area contributed by atoms with Crippen molar-refractivity contribution in [2.75, 3.05) is 0 Å². The smallest absolute Gasteiger partial charge is 0.350 e. The molecule has 0 saturated heterocycles. The summed E-state index contributed by atoms with van der Waals surface area (Å²) in [5.74, 6) is 0. The lowest BCUT2D eigenvalue weighted by molar-refractivity contribution is -0.886. The van der Waals surface area contributed by atoms with Crippen LogP contribution in [-0.2, 0) is 6.54 Å². The Morgan fingerprint density at radius 2 is 2.05 bits per heavy atom. The highest BCUT2D eigenvalue weighted by atomic mass is 79.9. The molecule has 0 atom stereocenters. The van der Waals surface area contributed by atoms with E-state index in [-0.39, 0.29) is 11.2 Å². The highest BCUT2D eigenvalue weighted by molar-refractivity contribution is 9.10. The molecule has 3 aromatic rings. The molecule has 0 amide bonds. The second kappa shape index (κ2) is 5.46. The van der Waals surface area contributed by atoms with Crippen molar-refractivity contribution in [3.63, 3.8) is 0 Å². The van der Waals surface area contributed by atoms with Crippen LogP contribution in [0.5, 0.6) is 0 Å². The average Bonchev–Trinajstić information content (AvgIpc) is 2.45. The Morgan fingerprint density at radius 3 is 2.76 bits per heavy atom. The molecule has 1 aromatic carbocycles. The van der Waals surface area contributed by atoms with E-state index in [1.54, 1.807) is 18.2 Å². The van der Waals surface area contributed by atoms with Crippen LogP contribution in [0.15, 0.2) is 52.1 Å². The molecular formula is C14H10BrClN3O2+. The van der Waals surface area contributed by atoms with E-state index in [0.29, 0.717) is 21.4 Å². The van der Waals surface area contributed by atoms with Gasteiger partial charge in [0.2, 0.25) is 6.33 Å². The third-order valence-electron chi connectivity index (χ3n) is 3.06. The summed E-state index contributed by atoms with van der Waals surface area (Å²) in [6.45, 7) is 0.386. The maximum Gasteiger partial charge on any atom is 0.375 e. The van der Waals surface area contributed by atoms with E-state index in [4.69, 9.17) is 11.6 Å². The zero-order chi connectivity index (χ0) is 15.0. The number of rotatable bonds is 2. The topological polar surface area (TPSA) is 59.0 Å². The van der Waals surface area contributed by atoms with E-state index in [0.717, 1.165) is 10.3 Å². The van der Waals surface area contributed by atoms with E-state index in [9.17, 15) is 10.0 Å². The van der Waals surface area contributed by atoms with Crippen molar-refractivity contribution in [3.8, 4) is 0 Å². The van der Waals surface area contributed by atoms with Gasteiger partial charge in [0.15, 0.2) is 6.20 Å². The van der Waals surface area contributed by atoms with Gasteiger partial charge in [-0.2, -0.15) is 0 Å². The van der Waals surface area contributed by atoms with E-state index in [1.807, 2.05) is 12.1 Å². The molecule has 0 fully saturated rings. The van der Waals surface area contributed by atoms with E-state index in [1.165, 1.54) is 17.1 Å². The van der Waals surface area contributed by atoms with Crippen LogP contribution in [-0.4, -0.2) is 14.8 Å². The lowest BCUT2D eigenvalue weighted by Crippen LogP contribution is -2.34. The van der Waals surface area contributed by atoms with Gasteiger partial charge in [-0.15, -0.1) is 0 Å². The van der Waals surface area contributed by atoms with Gasteiger partial charge in [-0.25, -0.2) is 0 Å². The van der Waals surface area contributed by atoms with Gasteiger partial charge in [-0.05, 0) is 49.4 Å². The summed E-state index contributed by atoms with van der Waals surface area (Å²) >= 11 is 9.09. The first-order valence-electron chi connectivity index (χ1n) is 6.08. The Balaban J connectivity index is 2.10. The molecule has 0 bridgehead atoms. The Bertz CT molecular complexity index is 878. The van der Waals surface area contributed by atoms with Gasteiger partial charge in [-0.1, -0.05) is 23.7 Å². The van der Waals surface area contributed by atoms with Gasteiger partial charge in [-0.3, -0.25) is 9.36 Å². The minimum absolute atomic E-state index is 0.218. The second-order valence-electron chi connectivity index (χ2n) is 4.54. The Morgan fingerprint density at radius 1 is 1.33 bits per heavy atom. The molecule has 0 unspecified atom stereocenters. The summed E-state index contributed by atoms with van der Waals surface area (Å²) in [7, 11) is 0. The van der Waals surface area contributed by atoms with Crippen LogP contribution in [0.25, 0.3) is 11.0 Å². The average molecular weight is 368 g/mol. The number of pyridine rings is 1. The van der Waals surface area contributed by atoms with Crippen molar-refractivity contribution in [2.45, 2.75) is 6.54 Å². The quantitative estimate of drug-likeness (QED) is 0.559. The monoisotopic (exact) mass is 366 g/mol. The Labute approximate surface area is 133 Å². The molecule has 0 aliphatic heterocycles. The summed E-state index contributed by atoms with van der Waals surface area (Å²) < 4.78 is 2.91. The number of aromatic nitrogens is 3. The minimum Gasteiger partial charge on any atom is -0.350 e. The molecule has 0 radical (unpaired) electrons. The molecule has 21 heavy (non-hydrogen) atoms.